The molecule has 0 saturated heterocycles. The van der Waals surface area contributed by atoms with Crippen LogP contribution in [0.4, 0.5) is 9.18 Å². The molecule has 6 nitrogen and oxygen atoms in total. The van der Waals surface area contributed by atoms with Crippen LogP contribution in [0.1, 0.15) is 41.9 Å². The molecule has 0 saturated carbocycles. The van der Waals surface area contributed by atoms with Crippen LogP contribution in [0.2, 0.25) is 0 Å². The fourth-order valence-electron chi connectivity index (χ4n) is 3.04. The molecule has 1 aliphatic rings. The minimum Gasteiger partial charge on any atom is -0.335 e. The van der Waals surface area contributed by atoms with Gasteiger partial charge in [-0.15, -0.1) is 5.10 Å². The van der Waals surface area contributed by atoms with Crippen LogP contribution in [0.25, 0.3) is 0 Å². The Morgan fingerprint density at radius 3 is 3.00 bits per heavy atom. The standard InChI is InChI=1S/C17H22FN5O/c1-10-4-5-12(8-14(10)18)11(2)19-17(24)20-13-6-7-16-15(9-13)21-22-23(16)3/h4-5,8,11,13H,6-7,9H2,1-3H3,(H2,19,20,24)/t11-,13?/m1/s1. The Morgan fingerprint density at radius 1 is 1.46 bits per heavy atom. The summed E-state index contributed by atoms with van der Waals surface area (Å²) in [5.41, 5.74) is 3.42. The Labute approximate surface area is 140 Å². The van der Waals surface area contributed by atoms with Crippen LogP contribution in [0, 0.1) is 12.7 Å². The zero-order chi connectivity index (χ0) is 17.3. The number of benzene rings is 1. The number of hydrogen-bond acceptors (Lipinski definition) is 3. The van der Waals surface area contributed by atoms with Crippen LogP contribution in [-0.2, 0) is 19.9 Å². The summed E-state index contributed by atoms with van der Waals surface area (Å²) in [5.74, 6) is -0.260. The molecular formula is C17H22FN5O. The van der Waals surface area contributed by atoms with Crippen molar-refractivity contribution in [2.24, 2.45) is 7.05 Å². The Hall–Kier alpha value is -2.44. The summed E-state index contributed by atoms with van der Waals surface area (Å²) in [5, 5.41) is 14.0. The number of hydrogen-bond donors (Lipinski definition) is 2. The lowest BCUT2D eigenvalue weighted by Crippen LogP contribution is -2.45. The fourth-order valence-corrected chi connectivity index (χ4v) is 3.04. The average molecular weight is 331 g/mol. The van der Waals surface area contributed by atoms with Gasteiger partial charge in [0.05, 0.1) is 17.4 Å². The minimum absolute atomic E-state index is 0.0381. The van der Waals surface area contributed by atoms with Crippen molar-refractivity contribution in [1.29, 1.82) is 0 Å². The molecule has 1 aromatic carbocycles. The highest BCUT2D eigenvalue weighted by Crippen LogP contribution is 2.19. The van der Waals surface area contributed by atoms with Crippen LogP contribution in [0.15, 0.2) is 18.2 Å². The number of aromatic nitrogens is 3. The molecule has 0 radical (unpaired) electrons. The molecule has 0 bridgehead atoms. The second-order valence-electron chi connectivity index (χ2n) is 6.39. The smallest absolute Gasteiger partial charge is 0.315 e. The predicted octanol–water partition coefficient (Wildman–Crippen LogP) is 2.18. The van der Waals surface area contributed by atoms with E-state index in [0.29, 0.717) is 12.0 Å². The van der Waals surface area contributed by atoms with Gasteiger partial charge in [0.25, 0.3) is 0 Å². The topological polar surface area (TPSA) is 71.8 Å². The van der Waals surface area contributed by atoms with E-state index in [9.17, 15) is 9.18 Å². The second kappa shape index (κ2) is 6.59. The van der Waals surface area contributed by atoms with Gasteiger partial charge in [0.2, 0.25) is 0 Å². The first-order valence-corrected chi connectivity index (χ1v) is 8.14. The third kappa shape index (κ3) is 3.39. The van der Waals surface area contributed by atoms with E-state index >= 15 is 0 Å². The Balaban J connectivity index is 1.57. The number of halogens is 1. The summed E-state index contributed by atoms with van der Waals surface area (Å²) in [6.07, 6.45) is 2.39. The lowest BCUT2D eigenvalue weighted by atomic mass is 9.96. The number of nitrogens with zero attached hydrogens (tertiary/aromatic N) is 3. The molecule has 2 N–H and O–H groups in total. The van der Waals surface area contributed by atoms with Crippen LogP contribution >= 0.6 is 0 Å². The largest absolute Gasteiger partial charge is 0.335 e. The number of carbonyl (C=O) groups excluding carboxylic acids is 1. The molecule has 1 heterocycles. The predicted molar refractivity (Wildman–Crippen MR) is 88.0 cm³/mol. The molecular weight excluding hydrogens is 309 g/mol. The van der Waals surface area contributed by atoms with Crippen molar-refractivity contribution in [3.63, 3.8) is 0 Å². The monoisotopic (exact) mass is 331 g/mol. The SMILES string of the molecule is Cc1ccc([C@@H](C)NC(=O)NC2CCc3c(nnn3C)C2)cc1F. The summed E-state index contributed by atoms with van der Waals surface area (Å²) in [7, 11) is 1.88. The van der Waals surface area contributed by atoms with E-state index in [-0.39, 0.29) is 23.9 Å². The molecule has 1 aliphatic carbocycles. The van der Waals surface area contributed by atoms with Gasteiger partial charge in [-0.2, -0.15) is 0 Å². The molecule has 7 heteroatoms. The lowest BCUT2D eigenvalue weighted by Gasteiger charge is -2.24. The van der Waals surface area contributed by atoms with E-state index in [4.69, 9.17) is 0 Å². The molecule has 1 aromatic heterocycles. The number of aryl methyl sites for hydroxylation is 2. The van der Waals surface area contributed by atoms with Gasteiger partial charge < -0.3 is 10.6 Å². The first kappa shape index (κ1) is 16.4. The molecule has 0 aliphatic heterocycles. The van der Waals surface area contributed by atoms with E-state index in [0.717, 1.165) is 29.8 Å². The highest BCUT2D eigenvalue weighted by molar-refractivity contribution is 5.74. The van der Waals surface area contributed by atoms with Gasteiger partial charge in [-0.1, -0.05) is 17.3 Å². The zero-order valence-corrected chi connectivity index (χ0v) is 14.1. The maximum atomic E-state index is 13.6. The number of rotatable bonds is 3. The Bertz CT molecular complexity index is 757. The molecule has 3 rings (SSSR count). The van der Waals surface area contributed by atoms with E-state index in [1.807, 2.05) is 20.0 Å². The summed E-state index contributed by atoms with van der Waals surface area (Å²) >= 11 is 0. The third-order valence-electron chi connectivity index (χ3n) is 4.57. The van der Waals surface area contributed by atoms with Gasteiger partial charge in [0.1, 0.15) is 5.82 Å². The van der Waals surface area contributed by atoms with Crippen molar-refractivity contribution in [3.8, 4) is 0 Å². The molecule has 2 aromatic rings. The number of nitrogens with one attached hydrogen (secondary N) is 2. The van der Waals surface area contributed by atoms with Crippen LogP contribution < -0.4 is 10.6 Å². The van der Waals surface area contributed by atoms with Gasteiger partial charge in [-0.3, -0.25) is 4.68 Å². The van der Waals surface area contributed by atoms with Gasteiger partial charge in [-0.25, -0.2) is 9.18 Å². The van der Waals surface area contributed by atoms with Gasteiger partial charge >= 0.3 is 6.03 Å². The van der Waals surface area contributed by atoms with Crippen LogP contribution in [0.3, 0.4) is 0 Å². The van der Waals surface area contributed by atoms with Crippen molar-refractivity contribution >= 4 is 6.03 Å². The highest BCUT2D eigenvalue weighted by atomic mass is 19.1. The maximum absolute atomic E-state index is 13.6. The first-order valence-electron chi connectivity index (χ1n) is 8.14. The number of fused-ring (bicyclic) bond motifs is 1. The van der Waals surface area contributed by atoms with E-state index in [2.05, 4.69) is 20.9 Å². The van der Waals surface area contributed by atoms with Crippen molar-refractivity contribution in [2.75, 3.05) is 0 Å². The number of urea groups is 1. The molecule has 0 spiro atoms. The van der Waals surface area contributed by atoms with Gasteiger partial charge in [0, 0.05) is 19.5 Å². The average Bonchev–Trinajstić information content (AvgIpc) is 2.90. The van der Waals surface area contributed by atoms with Gasteiger partial charge in [-0.05, 0) is 43.9 Å². The number of amides is 2. The molecule has 2 atom stereocenters. The van der Waals surface area contributed by atoms with Crippen molar-refractivity contribution < 1.29 is 9.18 Å². The summed E-state index contributed by atoms with van der Waals surface area (Å²) in [4.78, 5) is 12.2. The Kier molecular flexibility index (Phi) is 4.51. The summed E-state index contributed by atoms with van der Waals surface area (Å²) in [6, 6.07) is 4.53. The first-order chi connectivity index (χ1) is 11.4. The van der Waals surface area contributed by atoms with E-state index < -0.39 is 0 Å². The van der Waals surface area contributed by atoms with Gasteiger partial charge in [0.15, 0.2) is 0 Å². The summed E-state index contributed by atoms with van der Waals surface area (Å²) in [6.45, 7) is 3.55. The van der Waals surface area contributed by atoms with E-state index in [1.54, 1.807) is 17.7 Å². The minimum atomic E-state index is -0.268. The van der Waals surface area contributed by atoms with Crippen molar-refractivity contribution in [3.05, 3.63) is 46.5 Å². The van der Waals surface area contributed by atoms with Crippen LogP contribution in [-0.4, -0.2) is 27.1 Å². The zero-order valence-electron chi connectivity index (χ0n) is 14.1. The van der Waals surface area contributed by atoms with Crippen molar-refractivity contribution in [2.45, 2.75) is 45.2 Å². The van der Waals surface area contributed by atoms with Crippen LogP contribution in [0.5, 0.6) is 0 Å². The van der Waals surface area contributed by atoms with E-state index in [1.165, 1.54) is 6.07 Å². The quantitative estimate of drug-likeness (QED) is 0.905. The fraction of sp³-hybridized carbons (Fsp3) is 0.471. The maximum Gasteiger partial charge on any atom is 0.315 e. The Morgan fingerprint density at radius 2 is 2.25 bits per heavy atom. The number of carbonyl (C=O) groups is 1. The third-order valence-corrected chi connectivity index (χ3v) is 4.57. The molecule has 24 heavy (non-hydrogen) atoms. The molecule has 0 fully saturated rings. The molecule has 128 valence electrons. The highest BCUT2D eigenvalue weighted by Gasteiger charge is 2.24. The molecule has 2 amide bonds. The molecule has 1 unspecified atom stereocenters. The summed E-state index contributed by atoms with van der Waals surface area (Å²) < 4.78 is 15.4. The second-order valence-corrected chi connectivity index (χ2v) is 6.39. The lowest BCUT2D eigenvalue weighted by molar-refractivity contribution is 0.232. The van der Waals surface area contributed by atoms with Crippen molar-refractivity contribution in [1.82, 2.24) is 25.6 Å². The normalized spacial score (nSPS) is 17.9.